The van der Waals surface area contributed by atoms with Gasteiger partial charge in [0.1, 0.15) is 0 Å². The molecule has 0 spiro atoms. The van der Waals surface area contributed by atoms with E-state index in [-0.39, 0.29) is 18.4 Å². The van der Waals surface area contributed by atoms with Crippen molar-refractivity contribution in [3.05, 3.63) is 35.9 Å². The molecule has 0 saturated carbocycles. The summed E-state index contributed by atoms with van der Waals surface area (Å²) in [4.78, 5) is 25.2. The Hall–Kier alpha value is -1.92. The molecule has 1 saturated heterocycles. The molecular formula is C16H23N3O3. The molecule has 6 heteroatoms. The Labute approximate surface area is 130 Å². The van der Waals surface area contributed by atoms with Crippen LogP contribution in [0.4, 0.5) is 0 Å². The summed E-state index contributed by atoms with van der Waals surface area (Å²) in [7, 11) is 0. The average molecular weight is 305 g/mol. The van der Waals surface area contributed by atoms with Crippen molar-refractivity contribution in [3.8, 4) is 0 Å². The van der Waals surface area contributed by atoms with Gasteiger partial charge in [0.05, 0.1) is 13.2 Å². The first-order valence-electron chi connectivity index (χ1n) is 7.56. The van der Waals surface area contributed by atoms with Gasteiger partial charge in [0.15, 0.2) is 0 Å². The Morgan fingerprint density at radius 3 is 2.73 bits per heavy atom. The molecule has 0 aromatic heterocycles. The maximum absolute atomic E-state index is 12.5. The van der Waals surface area contributed by atoms with E-state index >= 15 is 0 Å². The molecule has 22 heavy (non-hydrogen) atoms. The molecule has 2 rings (SSSR count). The van der Waals surface area contributed by atoms with E-state index in [9.17, 15) is 9.59 Å². The van der Waals surface area contributed by atoms with E-state index in [1.54, 1.807) is 4.90 Å². The Kier molecular flexibility index (Phi) is 6.36. The van der Waals surface area contributed by atoms with Crippen molar-refractivity contribution in [1.82, 2.24) is 10.2 Å². The molecule has 0 radical (unpaired) electrons. The normalized spacial score (nSPS) is 17.9. The topological polar surface area (TPSA) is 84.7 Å². The number of ether oxygens (including phenoxy) is 1. The van der Waals surface area contributed by atoms with Gasteiger partial charge in [0, 0.05) is 38.5 Å². The Bertz CT molecular complexity index is 487. The van der Waals surface area contributed by atoms with Crippen molar-refractivity contribution >= 4 is 11.8 Å². The summed E-state index contributed by atoms with van der Waals surface area (Å²) in [6, 6.07) is 9.76. The van der Waals surface area contributed by atoms with Crippen LogP contribution < -0.4 is 11.1 Å². The van der Waals surface area contributed by atoms with E-state index in [1.807, 2.05) is 30.3 Å². The molecule has 1 aromatic rings. The summed E-state index contributed by atoms with van der Waals surface area (Å²) in [6.45, 7) is 2.82. The zero-order valence-corrected chi connectivity index (χ0v) is 12.7. The number of benzene rings is 1. The molecule has 1 aliphatic heterocycles. The van der Waals surface area contributed by atoms with Crippen LogP contribution in [-0.2, 0) is 20.9 Å². The highest BCUT2D eigenvalue weighted by atomic mass is 16.5. The minimum absolute atomic E-state index is 0.00750. The lowest BCUT2D eigenvalue weighted by molar-refractivity contribution is -0.133. The number of carbonyl (C=O) groups excluding carboxylic acids is 2. The quantitative estimate of drug-likeness (QED) is 0.757. The maximum Gasteiger partial charge on any atom is 0.224 e. The second kappa shape index (κ2) is 8.51. The van der Waals surface area contributed by atoms with Crippen molar-refractivity contribution < 1.29 is 14.3 Å². The van der Waals surface area contributed by atoms with E-state index in [2.05, 4.69) is 5.32 Å². The van der Waals surface area contributed by atoms with Crippen LogP contribution in [0, 0.1) is 0 Å². The summed E-state index contributed by atoms with van der Waals surface area (Å²) in [5, 5.41) is 3.27. The molecular weight excluding hydrogens is 282 g/mol. The molecule has 0 bridgehead atoms. The summed E-state index contributed by atoms with van der Waals surface area (Å²) in [5.74, 6) is -0.391. The first-order chi connectivity index (χ1) is 10.6. The number of nitrogens with two attached hydrogens (primary N) is 1. The molecule has 1 heterocycles. The number of primary amides is 1. The number of hydrogen-bond donors (Lipinski definition) is 2. The van der Waals surface area contributed by atoms with Crippen LogP contribution in [0.3, 0.4) is 0 Å². The highest BCUT2D eigenvalue weighted by Gasteiger charge is 2.21. The van der Waals surface area contributed by atoms with Gasteiger partial charge in [-0.15, -0.1) is 0 Å². The van der Waals surface area contributed by atoms with E-state index in [0.29, 0.717) is 32.7 Å². The van der Waals surface area contributed by atoms with Crippen molar-refractivity contribution in [2.45, 2.75) is 25.4 Å². The first-order valence-corrected chi connectivity index (χ1v) is 7.56. The zero-order chi connectivity index (χ0) is 15.8. The molecule has 2 amide bonds. The summed E-state index contributed by atoms with van der Waals surface area (Å²) < 4.78 is 5.37. The van der Waals surface area contributed by atoms with Crippen LogP contribution in [0.1, 0.15) is 18.4 Å². The number of nitrogens with zero attached hydrogens (tertiary/aromatic N) is 1. The van der Waals surface area contributed by atoms with Crippen molar-refractivity contribution in [2.75, 3.05) is 26.3 Å². The molecule has 1 unspecified atom stereocenters. The number of carbonyl (C=O) groups is 2. The second-order valence-electron chi connectivity index (χ2n) is 5.45. The smallest absolute Gasteiger partial charge is 0.224 e. The van der Waals surface area contributed by atoms with Crippen molar-refractivity contribution in [1.29, 1.82) is 0 Å². The Morgan fingerprint density at radius 2 is 2.09 bits per heavy atom. The predicted octanol–water partition coefficient (Wildman–Crippen LogP) is 0.269. The highest BCUT2D eigenvalue weighted by Crippen LogP contribution is 2.09. The van der Waals surface area contributed by atoms with Crippen molar-refractivity contribution in [2.24, 2.45) is 5.73 Å². The lowest BCUT2D eigenvalue weighted by Crippen LogP contribution is -2.45. The predicted molar refractivity (Wildman–Crippen MR) is 82.9 cm³/mol. The SMILES string of the molecule is NC(=O)CCN(Cc1ccccc1)C(=O)CC1COCCN1. The van der Waals surface area contributed by atoms with Crippen LogP contribution in [0.25, 0.3) is 0 Å². The van der Waals surface area contributed by atoms with Gasteiger partial charge in [-0.1, -0.05) is 30.3 Å². The zero-order valence-electron chi connectivity index (χ0n) is 12.7. The fourth-order valence-corrected chi connectivity index (χ4v) is 2.43. The molecule has 120 valence electrons. The standard InChI is InChI=1S/C16H23N3O3/c17-15(20)6-8-19(11-13-4-2-1-3-5-13)16(21)10-14-12-22-9-7-18-14/h1-5,14,18H,6-12H2,(H2,17,20). The van der Waals surface area contributed by atoms with Gasteiger partial charge in [0.25, 0.3) is 0 Å². The van der Waals surface area contributed by atoms with E-state index in [0.717, 1.165) is 12.1 Å². The van der Waals surface area contributed by atoms with Gasteiger partial charge in [-0.3, -0.25) is 9.59 Å². The average Bonchev–Trinajstić information content (AvgIpc) is 2.53. The first kappa shape index (κ1) is 16.5. The number of amides is 2. The number of morpholine rings is 1. The van der Waals surface area contributed by atoms with E-state index in [1.165, 1.54) is 0 Å². The van der Waals surface area contributed by atoms with Gasteiger partial charge in [-0.2, -0.15) is 0 Å². The van der Waals surface area contributed by atoms with Gasteiger partial charge in [-0.25, -0.2) is 0 Å². The molecule has 6 nitrogen and oxygen atoms in total. The Morgan fingerprint density at radius 1 is 1.32 bits per heavy atom. The lowest BCUT2D eigenvalue weighted by atomic mass is 10.1. The van der Waals surface area contributed by atoms with Crippen LogP contribution in [0.5, 0.6) is 0 Å². The van der Waals surface area contributed by atoms with Gasteiger partial charge < -0.3 is 20.7 Å². The van der Waals surface area contributed by atoms with Gasteiger partial charge in [-0.05, 0) is 5.56 Å². The minimum atomic E-state index is -0.398. The fourth-order valence-electron chi connectivity index (χ4n) is 2.43. The second-order valence-corrected chi connectivity index (χ2v) is 5.45. The maximum atomic E-state index is 12.5. The Balaban J connectivity index is 1.95. The van der Waals surface area contributed by atoms with Crippen molar-refractivity contribution in [3.63, 3.8) is 0 Å². The number of hydrogen-bond acceptors (Lipinski definition) is 4. The van der Waals surface area contributed by atoms with Gasteiger partial charge >= 0.3 is 0 Å². The number of rotatable bonds is 7. The third-order valence-electron chi connectivity index (χ3n) is 3.62. The third kappa shape index (κ3) is 5.46. The third-order valence-corrected chi connectivity index (χ3v) is 3.62. The lowest BCUT2D eigenvalue weighted by Gasteiger charge is -2.27. The molecule has 1 aliphatic rings. The fraction of sp³-hybridized carbons (Fsp3) is 0.500. The van der Waals surface area contributed by atoms with E-state index in [4.69, 9.17) is 10.5 Å². The highest BCUT2D eigenvalue weighted by molar-refractivity contribution is 5.78. The van der Waals surface area contributed by atoms with Crippen LogP contribution in [0.2, 0.25) is 0 Å². The largest absolute Gasteiger partial charge is 0.378 e. The summed E-state index contributed by atoms with van der Waals surface area (Å²) in [5.41, 5.74) is 6.24. The van der Waals surface area contributed by atoms with Gasteiger partial charge in [0.2, 0.25) is 11.8 Å². The van der Waals surface area contributed by atoms with E-state index < -0.39 is 5.91 Å². The number of nitrogens with one attached hydrogen (secondary N) is 1. The van der Waals surface area contributed by atoms with Crippen LogP contribution >= 0.6 is 0 Å². The van der Waals surface area contributed by atoms with Crippen LogP contribution in [0.15, 0.2) is 30.3 Å². The summed E-state index contributed by atoms with van der Waals surface area (Å²) in [6.07, 6.45) is 0.540. The monoisotopic (exact) mass is 305 g/mol. The molecule has 0 aliphatic carbocycles. The van der Waals surface area contributed by atoms with Crippen LogP contribution in [-0.4, -0.2) is 49.1 Å². The molecule has 1 fully saturated rings. The molecule has 1 atom stereocenters. The minimum Gasteiger partial charge on any atom is -0.378 e. The summed E-state index contributed by atoms with van der Waals surface area (Å²) >= 11 is 0. The molecule has 3 N–H and O–H groups in total. The molecule has 1 aromatic carbocycles.